The number of benzene rings is 4. The molecule has 9 heterocycles. The minimum Gasteiger partial charge on any atom is -0.354 e. The maximum Gasteiger partial charge on any atom is 0.220 e. The van der Waals surface area contributed by atoms with E-state index in [9.17, 15) is 0 Å². The van der Waals surface area contributed by atoms with Crippen LogP contribution in [0.2, 0.25) is 0 Å². The summed E-state index contributed by atoms with van der Waals surface area (Å²) in [7, 11) is 8.34. The quantitative estimate of drug-likeness (QED) is 0.118. The molecule has 0 unspecified atom stereocenters. The lowest BCUT2D eigenvalue weighted by Gasteiger charge is -2.15. The van der Waals surface area contributed by atoms with Crippen LogP contribution in [0.25, 0.3) is 65.9 Å². The Balaban J connectivity index is 1.15. The van der Waals surface area contributed by atoms with E-state index < -0.39 is 0 Å². The highest BCUT2D eigenvalue weighted by Gasteiger charge is 2.26. The molecule has 0 saturated heterocycles. The van der Waals surface area contributed by atoms with Gasteiger partial charge in [-0.15, -0.1) is 0 Å². The topological polar surface area (TPSA) is 78.7 Å². The van der Waals surface area contributed by atoms with Crippen LogP contribution in [0.15, 0.2) is 195 Å². The smallest absolute Gasteiger partial charge is 0.220 e. The third-order valence-electron chi connectivity index (χ3n) is 13.9. The molecule has 8 aromatic heterocycles. The van der Waals surface area contributed by atoms with Crippen molar-refractivity contribution in [2.45, 2.75) is 0 Å². The molecule has 0 fully saturated rings. The Hall–Kier alpha value is -8.88. The number of H-pyrrole nitrogens is 4. The van der Waals surface area contributed by atoms with E-state index in [4.69, 9.17) is 0 Å². The monoisotopic (exact) mass is 880 g/mol. The third kappa shape index (κ3) is 6.36. The summed E-state index contributed by atoms with van der Waals surface area (Å²) < 4.78 is 8.51. The molecule has 1 aliphatic rings. The first-order chi connectivity index (χ1) is 33.3. The van der Waals surface area contributed by atoms with Gasteiger partial charge in [-0.1, -0.05) is 48.5 Å². The van der Waals surface area contributed by atoms with Gasteiger partial charge in [0.1, 0.15) is 28.2 Å². The molecule has 1 aliphatic heterocycles. The Morgan fingerprint density at radius 1 is 0.309 bits per heavy atom. The standard InChI is InChI=1S/C60H46N8/c1-65-31-24-40(25-32-65)56-46-16-18-48(61-46)57(41-26-33-66(2)34-27-41)50-20-22-52(63-50)59(53-23-21-51(64-53)58(49-19-17-47(56)62-49)42-28-35-67(3)36-29-42)45-9-6-30-68(4)60(45)44-15-13-39-11-10-37-7-5-8-38-12-14-43(44)55(39)54(37)38/h5-36H,1-4H3,(H2,61,62,63,64)/q+2/p+2. The van der Waals surface area contributed by atoms with Crippen molar-refractivity contribution < 1.29 is 18.3 Å². The number of aryl methyl sites for hydroxylation is 4. The molecule has 0 aliphatic carbocycles. The number of aromatic amines is 4. The zero-order valence-corrected chi connectivity index (χ0v) is 38.3. The van der Waals surface area contributed by atoms with Gasteiger partial charge in [0.15, 0.2) is 43.4 Å². The van der Waals surface area contributed by atoms with Crippen LogP contribution in [0, 0.1) is 0 Å². The van der Waals surface area contributed by atoms with Gasteiger partial charge in [-0.25, -0.2) is 18.3 Å². The van der Waals surface area contributed by atoms with Gasteiger partial charge in [-0.05, 0) is 110 Å². The lowest BCUT2D eigenvalue weighted by molar-refractivity contribution is -0.671. The van der Waals surface area contributed by atoms with Crippen LogP contribution in [-0.4, -0.2) is 19.9 Å². The normalized spacial score (nSPS) is 12.9. The number of pyridine rings is 4. The van der Waals surface area contributed by atoms with E-state index in [0.29, 0.717) is 0 Å². The van der Waals surface area contributed by atoms with Gasteiger partial charge < -0.3 is 19.9 Å². The fourth-order valence-electron chi connectivity index (χ4n) is 10.6. The molecule has 13 rings (SSSR count). The Kier molecular flexibility index (Phi) is 8.92. The summed E-state index contributed by atoms with van der Waals surface area (Å²) >= 11 is 0. The molecule has 0 atom stereocenters. The molecule has 8 nitrogen and oxygen atoms in total. The Bertz CT molecular complexity index is 4200. The summed E-state index contributed by atoms with van der Waals surface area (Å²) in [5.74, 6) is 0. The van der Waals surface area contributed by atoms with E-state index >= 15 is 0 Å². The van der Waals surface area contributed by atoms with Crippen LogP contribution in [0.4, 0.5) is 0 Å². The lowest BCUT2D eigenvalue weighted by Crippen LogP contribution is -2.32. The summed E-state index contributed by atoms with van der Waals surface area (Å²) in [6, 6.07) is 55.8. The van der Waals surface area contributed by atoms with Crippen molar-refractivity contribution in [2.75, 3.05) is 0 Å². The van der Waals surface area contributed by atoms with Gasteiger partial charge in [0.05, 0.1) is 11.1 Å². The molecule has 0 saturated carbocycles. The predicted molar refractivity (Wildman–Crippen MR) is 268 cm³/mol. The van der Waals surface area contributed by atoms with E-state index in [2.05, 4.69) is 261 Å². The summed E-state index contributed by atoms with van der Waals surface area (Å²) in [5.41, 5.74) is 15.0. The van der Waals surface area contributed by atoms with Crippen molar-refractivity contribution in [2.24, 2.45) is 28.2 Å². The van der Waals surface area contributed by atoms with Crippen LogP contribution < -0.4 is 39.7 Å². The van der Waals surface area contributed by atoms with Crippen molar-refractivity contribution in [1.29, 1.82) is 0 Å². The highest BCUT2D eigenvalue weighted by molar-refractivity contribution is 6.25. The fraction of sp³-hybridized carbons (Fsp3) is 0.0667. The molecule has 12 aromatic rings. The van der Waals surface area contributed by atoms with Crippen molar-refractivity contribution in [3.05, 3.63) is 261 Å². The number of hydrogen-bond acceptors (Lipinski definition) is 0. The van der Waals surface area contributed by atoms with Gasteiger partial charge in [0.2, 0.25) is 5.69 Å². The van der Waals surface area contributed by atoms with E-state index in [1.165, 1.54) is 37.9 Å². The number of rotatable bonds is 5. The maximum atomic E-state index is 4.02. The van der Waals surface area contributed by atoms with Crippen molar-refractivity contribution in [3.63, 3.8) is 0 Å². The average Bonchev–Trinajstić information content (AvgIpc) is 4.21. The first-order valence-corrected chi connectivity index (χ1v) is 23.1. The minimum atomic E-state index is 0.997. The van der Waals surface area contributed by atoms with Crippen LogP contribution >= 0.6 is 0 Å². The Morgan fingerprint density at radius 2 is 0.721 bits per heavy atom. The predicted octanol–water partition coefficient (Wildman–Crippen LogP) is 6.16. The molecule has 4 aromatic carbocycles. The number of nitrogens with zero attached hydrogens (tertiary/aromatic N) is 4. The van der Waals surface area contributed by atoms with Gasteiger partial charge >= 0.3 is 0 Å². The molecular weight excluding hydrogens is 833 g/mol. The number of hydrogen-bond donors (Lipinski definition) is 4. The van der Waals surface area contributed by atoms with Crippen molar-refractivity contribution in [3.8, 4) is 11.3 Å². The second-order valence-electron chi connectivity index (χ2n) is 18.3. The summed E-state index contributed by atoms with van der Waals surface area (Å²) in [4.78, 5) is 15.9. The number of aromatic nitrogens is 8. The minimum absolute atomic E-state index is 0.997. The van der Waals surface area contributed by atoms with E-state index in [1.54, 1.807) is 0 Å². The SMILES string of the molecule is C[n+]1ccc(C2=c3ccc([nH]3)=C(c3cc[n+](C)cc3)c3ccc([nH]3)C(c3ccc[n+](C)c3-c3ccc4ccc5cccc6ccc3c4c56)=c3ccc([nH]3)=C(c3cc[n+](C)cc3)c3ccc2[nH]3)cc1. The Morgan fingerprint density at radius 3 is 1.21 bits per heavy atom. The van der Waals surface area contributed by atoms with E-state index in [1.807, 2.05) is 0 Å². The number of nitrogens with one attached hydrogen (secondary N) is 4. The fourth-order valence-corrected chi connectivity index (χ4v) is 10.6. The van der Waals surface area contributed by atoms with Crippen LogP contribution in [0.5, 0.6) is 0 Å². The molecule has 8 heteroatoms. The molecule has 4 N–H and O–H groups in total. The summed E-state index contributed by atoms with van der Waals surface area (Å²) in [6.07, 6.45) is 14.8. The average molecular weight is 881 g/mol. The van der Waals surface area contributed by atoms with Crippen LogP contribution in [0.1, 0.15) is 45.0 Å². The molecular formula is C60H48N8+4. The molecule has 8 bridgehead atoms. The highest BCUT2D eigenvalue weighted by atomic mass is 14.9. The van der Waals surface area contributed by atoms with Gasteiger partial charge in [0, 0.05) is 109 Å². The second-order valence-corrected chi connectivity index (χ2v) is 18.3. The number of fused-ring (bicyclic) bond motifs is 8. The third-order valence-corrected chi connectivity index (χ3v) is 13.9. The van der Waals surface area contributed by atoms with Crippen LogP contribution in [0.3, 0.4) is 0 Å². The molecule has 0 amide bonds. The molecule has 0 radical (unpaired) electrons. The molecule has 68 heavy (non-hydrogen) atoms. The van der Waals surface area contributed by atoms with Crippen molar-refractivity contribution >= 4 is 54.6 Å². The largest absolute Gasteiger partial charge is 0.354 e. The summed E-state index contributed by atoms with van der Waals surface area (Å²) in [5, 5.41) is 11.6. The van der Waals surface area contributed by atoms with Gasteiger partial charge in [-0.3, -0.25) is 0 Å². The maximum absolute atomic E-state index is 4.02. The molecule has 324 valence electrons. The Labute approximate surface area is 392 Å². The van der Waals surface area contributed by atoms with Crippen LogP contribution in [-0.2, 0) is 28.2 Å². The van der Waals surface area contributed by atoms with Gasteiger partial charge in [0.25, 0.3) is 0 Å². The van der Waals surface area contributed by atoms with E-state index in [-0.39, 0.29) is 0 Å². The van der Waals surface area contributed by atoms with Gasteiger partial charge in [-0.2, -0.15) is 0 Å². The first kappa shape index (κ1) is 39.5. The zero-order valence-electron chi connectivity index (χ0n) is 38.3. The first-order valence-electron chi connectivity index (χ1n) is 23.1. The lowest BCUT2D eigenvalue weighted by atomic mass is 9.88. The van der Waals surface area contributed by atoms with E-state index in [0.717, 1.165) is 94.4 Å². The van der Waals surface area contributed by atoms with Crippen molar-refractivity contribution in [1.82, 2.24) is 19.9 Å². The second kappa shape index (κ2) is 15.4. The highest BCUT2D eigenvalue weighted by Crippen LogP contribution is 2.40. The summed E-state index contributed by atoms with van der Waals surface area (Å²) in [6.45, 7) is 0. The zero-order chi connectivity index (χ0) is 45.6. The molecule has 0 spiro atoms.